The second kappa shape index (κ2) is 7.27. The molecule has 0 radical (unpaired) electrons. The molecule has 2 fully saturated rings. The zero-order valence-electron chi connectivity index (χ0n) is 15.6. The van der Waals surface area contributed by atoms with Crippen molar-refractivity contribution >= 4 is 17.5 Å². The van der Waals surface area contributed by atoms with Gasteiger partial charge in [-0.25, -0.2) is 14.4 Å². The lowest BCUT2D eigenvalue weighted by atomic mass is 9.88. The summed E-state index contributed by atoms with van der Waals surface area (Å²) in [6.45, 7) is 3.20. The van der Waals surface area contributed by atoms with Gasteiger partial charge in [0.2, 0.25) is 0 Å². The first-order valence-electron chi connectivity index (χ1n) is 9.24. The fourth-order valence-electron chi connectivity index (χ4n) is 3.68. The van der Waals surface area contributed by atoms with Gasteiger partial charge >= 0.3 is 0 Å². The van der Waals surface area contributed by atoms with Crippen LogP contribution in [-0.4, -0.2) is 58.5 Å². The lowest BCUT2D eigenvalue weighted by molar-refractivity contribution is -0.143. The molecule has 2 aromatic rings. The Hall–Kier alpha value is -2.87. The second-order valence-corrected chi connectivity index (χ2v) is 7.24. The lowest BCUT2D eigenvalue weighted by Crippen LogP contribution is -2.59. The van der Waals surface area contributed by atoms with E-state index in [4.69, 9.17) is 4.74 Å². The van der Waals surface area contributed by atoms with Crippen LogP contribution >= 0.6 is 0 Å². The summed E-state index contributed by atoms with van der Waals surface area (Å²) in [7, 11) is 0. The number of rotatable bonds is 2. The summed E-state index contributed by atoms with van der Waals surface area (Å²) in [5.74, 6) is 0.0334. The molecule has 1 aromatic carbocycles. The Morgan fingerprint density at radius 1 is 1.14 bits per heavy atom. The number of ether oxygens (including phenoxy) is 1. The summed E-state index contributed by atoms with van der Waals surface area (Å²) in [6.07, 6.45) is 4.33. The van der Waals surface area contributed by atoms with Gasteiger partial charge in [-0.2, -0.15) is 0 Å². The highest BCUT2D eigenvalue weighted by Gasteiger charge is 2.43. The van der Waals surface area contributed by atoms with Crippen molar-refractivity contribution in [3.63, 3.8) is 0 Å². The summed E-state index contributed by atoms with van der Waals surface area (Å²) < 4.78 is 19.1. The van der Waals surface area contributed by atoms with Gasteiger partial charge < -0.3 is 14.5 Å². The van der Waals surface area contributed by atoms with E-state index in [1.165, 1.54) is 12.1 Å². The molecule has 2 saturated heterocycles. The van der Waals surface area contributed by atoms with Gasteiger partial charge in [-0.15, -0.1) is 0 Å². The summed E-state index contributed by atoms with van der Waals surface area (Å²) in [4.78, 5) is 36.6. The maximum absolute atomic E-state index is 13.2. The zero-order valence-corrected chi connectivity index (χ0v) is 15.6. The number of halogens is 1. The van der Waals surface area contributed by atoms with E-state index in [0.29, 0.717) is 49.6 Å². The number of piperidine rings is 1. The van der Waals surface area contributed by atoms with Crippen LogP contribution in [0.5, 0.6) is 0 Å². The second-order valence-electron chi connectivity index (χ2n) is 7.24. The molecular formula is C20H21FN4O3. The zero-order chi connectivity index (χ0) is 19.7. The fraction of sp³-hybridized carbons (Fsp3) is 0.400. The van der Waals surface area contributed by atoms with E-state index in [1.54, 1.807) is 41.2 Å². The Bertz CT molecular complexity index is 877. The Kier molecular flexibility index (Phi) is 4.80. The molecule has 2 aliphatic rings. The van der Waals surface area contributed by atoms with Gasteiger partial charge in [-0.05, 0) is 44.0 Å². The number of morpholine rings is 1. The van der Waals surface area contributed by atoms with E-state index < -0.39 is 5.60 Å². The Labute approximate surface area is 162 Å². The van der Waals surface area contributed by atoms with E-state index in [9.17, 15) is 14.0 Å². The number of carbonyl (C=O) groups is 2. The first kappa shape index (κ1) is 18.5. The SMILES string of the molecule is Cc1ncc(C(=O)N2CCC3(CC2)CN(c2ccc(F)cc2)C(=O)CO3)cn1. The molecule has 1 aromatic heterocycles. The van der Waals surface area contributed by atoms with Crippen LogP contribution in [0.25, 0.3) is 0 Å². The number of amides is 2. The minimum Gasteiger partial charge on any atom is -0.363 e. The van der Waals surface area contributed by atoms with Crippen LogP contribution < -0.4 is 4.90 Å². The van der Waals surface area contributed by atoms with Gasteiger partial charge in [0.15, 0.2) is 0 Å². The van der Waals surface area contributed by atoms with E-state index in [2.05, 4.69) is 9.97 Å². The molecule has 146 valence electrons. The monoisotopic (exact) mass is 384 g/mol. The molecule has 0 atom stereocenters. The normalized spacial score (nSPS) is 19.1. The highest BCUT2D eigenvalue weighted by Crippen LogP contribution is 2.33. The molecule has 4 rings (SSSR count). The standard InChI is InChI=1S/C20H21FN4O3/c1-14-22-10-15(11-23-14)19(27)24-8-6-20(7-9-24)13-25(18(26)12-28-20)17-4-2-16(21)3-5-17/h2-5,10-11H,6-9,12-13H2,1H3. The Morgan fingerprint density at radius 2 is 1.79 bits per heavy atom. The predicted octanol–water partition coefficient (Wildman–Crippen LogP) is 1.96. The van der Waals surface area contributed by atoms with Crippen molar-refractivity contribution in [2.24, 2.45) is 0 Å². The minimum absolute atomic E-state index is 0.0167. The molecule has 0 unspecified atom stereocenters. The Balaban J connectivity index is 1.44. The number of hydrogen-bond acceptors (Lipinski definition) is 5. The number of aryl methyl sites for hydroxylation is 1. The molecule has 28 heavy (non-hydrogen) atoms. The summed E-state index contributed by atoms with van der Waals surface area (Å²) >= 11 is 0. The molecule has 3 heterocycles. The van der Waals surface area contributed by atoms with Crippen molar-refractivity contribution in [2.75, 3.05) is 31.1 Å². The highest BCUT2D eigenvalue weighted by atomic mass is 19.1. The molecular weight excluding hydrogens is 363 g/mol. The van der Waals surface area contributed by atoms with Crippen LogP contribution in [0.2, 0.25) is 0 Å². The third-order valence-corrected chi connectivity index (χ3v) is 5.38. The number of nitrogens with zero attached hydrogens (tertiary/aromatic N) is 4. The van der Waals surface area contributed by atoms with Crippen LogP contribution in [0.15, 0.2) is 36.7 Å². The van der Waals surface area contributed by atoms with Crippen molar-refractivity contribution < 1.29 is 18.7 Å². The van der Waals surface area contributed by atoms with Crippen LogP contribution in [-0.2, 0) is 9.53 Å². The number of aromatic nitrogens is 2. The Morgan fingerprint density at radius 3 is 2.43 bits per heavy atom. The molecule has 0 bridgehead atoms. The molecule has 0 aliphatic carbocycles. The van der Waals surface area contributed by atoms with Gasteiger partial charge in [-0.3, -0.25) is 9.59 Å². The maximum atomic E-state index is 13.2. The molecule has 0 saturated carbocycles. The molecule has 0 N–H and O–H groups in total. The fourth-order valence-corrected chi connectivity index (χ4v) is 3.68. The van der Waals surface area contributed by atoms with E-state index in [-0.39, 0.29) is 24.2 Å². The predicted molar refractivity (Wildman–Crippen MR) is 99.3 cm³/mol. The number of anilines is 1. The van der Waals surface area contributed by atoms with Crippen molar-refractivity contribution in [1.29, 1.82) is 0 Å². The van der Waals surface area contributed by atoms with Crippen molar-refractivity contribution in [2.45, 2.75) is 25.4 Å². The average molecular weight is 384 g/mol. The first-order chi connectivity index (χ1) is 13.5. The first-order valence-corrected chi connectivity index (χ1v) is 9.24. The summed E-state index contributed by atoms with van der Waals surface area (Å²) in [6, 6.07) is 5.88. The summed E-state index contributed by atoms with van der Waals surface area (Å²) in [5.41, 5.74) is 0.627. The van der Waals surface area contributed by atoms with Gasteiger partial charge in [0.05, 0.1) is 17.7 Å². The van der Waals surface area contributed by atoms with Crippen LogP contribution in [0.4, 0.5) is 10.1 Å². The quantitative estimate of drug-likeness (QED) is 0.791. The molecule has 1 spiro atoms. The van der Waals surface area contributed by atoms with Crippen molar-refractivity contribution in [1.82, 2.24) is 14.9 Å². The topological polar surface area (TPSA) is 75.6 Å². The van der Waals surface area contributed by atoms with Gasteiger partial charge in [0.1, 0.15) is 18.2 Å². The summed E-state index contributed by atoms with van der Waals surface area (Å²) in [5, 5.41) is 0. The maximum Gasteiger partial charge on any atom is 0.256 e. The smallest absolute Gasteiger partial charge is 0.256 e. The number of carbonyl (C=O) groups excluding carboxylic acids is 2. The average Bonchev–Trinajstić information content (AvgIpc) is 2.71. The van der Waals surface area contributed by atoms with Crippen LogP contribution in [0.1, 0.15) is 29.0 Å². The van der Waals surface area contributed by atoms with Crippen molar-refractivity contribution in [3.8, 4) is 0 Å². The molecule has 2 aliphatic heterocycles. The minimum atomic E-state index is -0.497. The molecule has 8 heteroatoms. The number of likely N-dealkylation sites (tertiary alicyclic amines) is 1. The van der Waals surface area contributed by atoms with E-state index in [0.717, 1.165) is 0 Å². The van der Waals surface area contributed by atoms with Gasteiger partial charge in [0.25, 0.3) is 11.8 Å². The lowest BCUT2D eigenvalue weighted by Gasteiger charge is -2.47. The largest absolute Gasteiger partial charge is 0.363 e. The third-order valence-electron chi connectivity index (χ3n) is 5.38. The number of hydrogen-bond donors (Lipinski definition) is 0. The molecule has 2 amide bonds. The van der Waals surface area contributed by atoms with Crippen LogP contribution in [0.3, 0.4) is 0 Å². The molecule has 7 nitrogen and oxygen atoms in total. The van der Waals surface area contributed by atoms with Crippen LogP contribution in [0, 0.1) is 12.7 Å². The van der Waals surface area contributed by atoms with Crippen molar-refractivity contribution in [3.05, 3.63) is 53.9 Å². The van der Waals surface area contributed by atoms with E-state index >= 15 is 0 Å². The van der Waals surface area contributed by atoms with Gasteiger partial charge in [0, 0.05) is 31.2 Å². The third kappa shape index (κ3) is 3.60. The van der Waals surface area contributed by atoms with E-state index in [1.807, 2.05) is 0 Å². The number of benzene rings is 1. The highest BCUT2D eigenvalue weighted by molar-refractivity contribution is 5.95. The van der Waals surface area contributed by atoms with Gasteiger partial charge in [-0.1, -0.05) is 0 Å².